The molecule has 0 saturated carbocycles. The van der Waals surface area contributed by atoms with Gasteiger partial charge in [-0.1, -0.05) is 52.0 Å². The third kappa shape index (κ3) is 4.02. The van der Waals surface area contributed by atoms with E-state index in [0.717, 1.165) is 5.56 Å². The molecule has 100 valence electrons. The summed E-state index contributed by atoms with van der Waals surface area (Å²) < 4.78 is 0. The second kappa shape index (κ2) is 6.79. The number of hydrogen-bond donors (Lipinski definition) is 1. The fourth-order valence-corrected chi connectivity index (χ4v) is 2.01. The van der Waals surface area contributed by atoms with Crippen molar-refractivity contribution in [3.63, 3.8) is 0 Å². The van der Waals surface area contributed by atoms with Crippen LogP contribution < -0.4 is 5.32 Å². The van der Waals surface area contributed by atoms with Gasteiger partial charge in [0.2, 0.25) is 5.91 Å². The van der Waals surface area contributed by atoms with Gasteiger partial charge in [-0.25, -0.2) is 0 Å². The van der Waals surface area contributed by atoms with Gasteiger partial charge in [0, 0.05) is 0 Å². The van der Waals surface area contributed by atoms with Gasteiger partial charge in [-0.2, -0.15) is 0 Å². The van der Waals surface area contributed by atoms with Crippen molar-refractivity contribution in [1.82, 2.24) is 5.32 Å². The van der Waals surface area contributed by atoms with Crippen LogP contribution in [0.1, 0.15) is 50.8 Å². The average molecular weight is 268 g/mol. The zero-order chi connectivity index (χ0) is 13.7. The maximum atomic E-state index is 11.4. The van der Waals surface area contributed by atoms with Crippen molar-refractivity contribution in [2.24, 2.45) is 5.92 Å². The molecule has 0 aliphatic heterocycles. The van der Waals surface area contributed by atoms with E-state index < -0.39 is 0 Å². The highest BCUT2D eigenvalue weighted by atomic mass is 35.5. The van der Waals surface area contributed by atoms with E-state index in [9.17, 15) is 4.79 Å². The predicted octanol–water partition coefficient (Wildman–Crippen LogP) is 3.86. The number of carbonyl (C=O) groups excluding carboxylic acids is 1. The lowest BCUT2D eigenvalue weighted by Crippen LogP contribution is -2.32. The zero-order valence-corrected chi connectivity index (χ0v) is 12.3. The summed E-state index contributed by atoms with van der Waals surface area (Å²) in [6.07, 6.45) is 0. The van der Waals surface area contributed by atoms with Gasteiger partial charge in [-0.15, -0.1) is 11.6 Å². The third-order valence-electron chi connectivity index (χ3n) is 3.07. The number of rotatable bonds is 5. The Labute approximate surface area is 115 Å². The molecule has 0 unspecified atom stereocenters. The molecule has 2 nitrogen and oxygen atoms in total. The highest BCUT2D eigenvalue weighted by molar-refractivity contribution is 6.27. The van der Waals surface area contributed by atoms with E-state index in [1.807, 2.05) is 0 Å². The molecule has 1 aromatic rings. The first-order valence-electron chi connectivity index (χ1n) is 6.41. The molecule has 18 heavy (non-hydrogen) atoms. The normalized spacial score (nSPS) is 12.8. The molecule has 0 bridgehead atoms. The molecule has 0 heterocycles. The standard InChI is InChI=1S/C15H22ClNO/c1-10(2)12-5-7-13(8-6-12)15(11(3)4)17-14(18)9-16/h5-8,10-11,15H,9H2,1-4H3,(H,17,18)/t15-/m1/s1. The minimum absolute atomic E-state index is 0.00724. The molecule has 0 aliphatic carbocycles. The predicted molar refractivity (Wildman–Crippen MR) is 77.0 cm³/mol. The van der Waals surface area contributed by atoms with Gasteiger partial charge in [-0.05, 0) is 23.0 Å². The monoisotopic (exact) mass is 267 g/mol. The molecule has 0 spiro atoms. The van der Waals surface area contributed by atoms with Crippen LogP contribution in [-0.4, -0.2) is 11.8 Å². The smallest absolute Gasteiger partial charge is 0.235 e. The maximum Gasteiger partial charge on any atom is 0.235 e. The Kier molecular flexibility index (Phi) is 5.67. The van der Waals surface area contributed by atoms with Crippen LogP contribution in [0.25, 0.3) is 0 Å². The Balaban J connectivity index is 2.89. The lowest BCUT2D eigenvalue weighted by molar-refractivity contribution is -0.119. The fourth-order valence-electron chi connectivity index (χ4n) is 1.94. The molecular formula is C15H22ClNO. The first kappa shape index (κ1) is 15.0. The Morgan fingerprint density at radius 2 is 1.61 bits per heavy atom. The Hall–Kier alpha value is -1.02. The first-order valence-corrected chi connectivity index (χ1v) is 6.94. The Morgan fingerprint density at radius 1 is 1.11 bits per heavy atom. The number of carbonyl (C=O) groups is 1. The summed E-state index contributed by atoms with van der Waals surface area (Å²) in [7, 11) is 0. The quantitative estimate of drug-likeness (QED) is 0.807. The molecule has 1 N–H and O–H groups in total. The number of halogens is 1. The van der Waals surface area contributed by atoms with Crippen molar-refractivity contribution < 1.29 is 4.79 Å². The molecule has 1 aromatic carbocycles. The van der Waals surface area contributed by atoms with Gasteiger partial charge >= 0.3 is 0 Å². The number of nitrogens with one attached hydrogen (secondary N) is 1. The molecule has 0 saturated heterocycles. The van der Waals surface area contributed by atoms with Gasteiger partial charge < -0.3 is 5.32 Å². The van der Waals surface area contributed by atoms with Crippen molar-refractivity contribution in [2.75, 3.05) is 5.88 Å². The Bertz CT molecular complexity index is 384. The van der Waals surface area contributed by atoms with E-state index in [-0.39, 0.29) is 17.8 Å². The Morgan fingerprint density at radius 3 is 2.00 bits per heavy atom. The number of benzene rings is 1. The van der Waals surface area contributed by atoms with Crippen LogP contribution in [0, 0.1) is 5.92 Å². The van der Waals surface area contributed by atoms with Crippen molar-refractivity contribution in [2.45, 2.75) is 39.7 Å². The summed E-state index contributed by atoms with van der Waals surface area (Å²) in [5.41, 5.74) is 2.44. The lowest BCUT2D eigenvalue weighted by Gasteiger charge is -2.23. The molecule has 0 radical (unpaired) electrons. The topological polar surface area (TPSA) is 29.1 Å². The SMILES string of the molecule is CC(C)c1ccc([C@H](NC(=O)CCl)C(C)C)cc1. The highest BCUT2D eigenvalue weighted by Gasteiger charge is 2.17. The van der Waals surface area contributed by atoms with E-state index in [2.05, 4.69) is 57.3 Å². The fraction of sp³-hybridized carbons (Fsp3) is 0.533. The van der Waals surface area contributed by atoms with Crippen LogP contribution in [-0.2, 0) is 4.79 Å². The summed E-state index contributed by atoms with van der Waals surface area (Å²) >= 11 is 5.54. The molecule has 0 aromatic heterocycles. The van der Waals surface area contributed by atoms with Crippen molar-refractivity contribution in [3.05, 3.63) is 35.4 Å². The zero-order valence-electron chi connectivity index (χ0n) is 11.5. The minimum Gasteiger partial charge on any atom is -0.348 e. The van der Waals surface area contributed by atoms with Crippen molar-refractivity contribution >= 4 is 17.5 Å². The summed E-state index contributed by atoms with van der Waals surface area (Å²) in [6, 6.07) is 8.46. The van der Waals surface area contributed by atoms with Gasteiger partial charge in [-0.3, -0.25) is 4.79 Å². The molecule has 0 aliphatic rings. The number of alkyl halides is 1. The maximum absolute atomic E-state index is 11.4. The first-order chi connectivity index (χ1) is 8.45. The highest BCUT2D eigenvalue weighted by Crippen LogP contribution is 2.24. The van der Waals surface area contributed by atoms with Crippen LogP contribution in [0.5, 0.6) is 0 Å². The van der Waals surface area contributed by atoms with Crippen LogP contribution >= 0.6 is 11.6 Å². The molecule has 1 amide bonds. The molecular weight excluding hydrogens is 246 g/mol. The van der Waals surface area contributed by atoms with E-state index in [0.29, 0.717) is 11.8 Å². The number of hydrogen-bond acceptors (Lipinski definition) is 1. The summed E-state index contributed by atoms with van der Waals surface area (Å²) in [5, 5.41) is 2.96. The van der Waals surface area contributed by atoms with Gasteiger partial charge in [0.25, 0.3) is 0 Å². The lowest BCUT2D eigenvalue weighted by atomic mass is 9.93. The largest absolute Gasteiger partial charge is 0.348 e. The second-order valence-electron chi connectivity index (χ2n) is 5.24. The van der Waals surface area contributed by atoms with Crippen molar-refractivity contribution in [1.29, 1.82) is 0 Å². The van der Waals surface area contributed by atoms with Crippen molar-refractivity contribution in [3.8, 4) is 0 Å². The summed E-state index contributed by atoms with van der Waals surface area (Å²) in [4.78, 5) is 11.4. The van der Waals surface area contributed by atoms with E-state index in [1.54, 1.807) is 0 Å². The van der Waals surface area contributed by atoms with Gasteiger partial charge in [0.15, 0.2) is 0 Å². The third-order valence-corrected chi connectivity index (χ3v) is 3.31. The van der Waals surface area contributed by atoms with Gasteiger partial charge in [0.1, 0.15) is 5.88 Å². The van der Waals surface area contributed by atoms with E-state index in [1.165, 1.54) is 5.56 Å². The molecule has 1 rings (SSSR count). The summed E-state index contributed by atoms with van der Waals surface area (Å²) in [6.45, 7) is 8.53. The van der Waals surface area contributed by atoms with E-state index >= 15 is 0 Å². The minimum atomic E-state index is -0.122. The second-order valence-corrected chi connectivity index (χ2v) is 5.51. The van der Waals surface area contributed by atoms with Crippen LogP contribution in [0.2, 0.25) is 0 Å². The van der Waals surface area contributed by atoms with Crippen LogP contribution in [0.3, 0.4) is 0 Å². The molecule has 0 fully saturated rings. The molecule has 1 atom stereocenters. The van der Waals surface area contributed by atoms with E-state index in [4.69, 9.17) is 11.6 Å². The number of amides is 1. The van der Waals surface area contributed by atoms with Crippen LogP contribution in [0.15, 0.2) is 24.3 Å². The molecule has 3 heteroatoms. The summed E-state index contributed by atoms with van der Waals surface area (Å²) in [5.74, 6) is 0.743. The van der Waals surface area contributed by atoms with Crippen LogP contribution in [0.4, 0.5) is 0 Å². The van der Waals surface area contributed by atoms with Gasteiger partial charge in [0.05, 0.1) is 6.04 Å². The average Bonchev–Trinajstić information content (AvgIpc) is 2.35.